The lowest BCUT2D eigenvalue weighted by molar-refractivity contribution is -0.141. The third kappa shape index (κ3) is 3.40. The molecule has 5 heteroatoms. The smallest absolute Gasteiger partial charge is 0.307 e. The van der Waals surface area contributed by atoms with Crippen molar-refractivity contribution in [2.24, 2.45) is 0 Å². The number of benzene rings is 2. The van der Waals surface area contributed by atoms with E-state index in [1.165, 1.54) is 12.7 Å². The fraction of sp³-hybridized carbons (Fsp3) is 0.350. The minimum Gasteiger partial charge on any atom is -0.497 e. The van der Waals surface area contributed by atoms with Crippen molar-refractivity contribution in [1.82, 2.24) is 0 Å². The molecule has 0 fully saturated rings. The Balaban J connectivity index is 2.03. The number of rotatable bonds is 5. The van der Waals surface area contributed by atoms with Crippen LogP contribution in [0.4, 0.5) is 5.69 Å². The van der Waals surface area contributed by atoms with E-state index in [0.29, 0.717) is 6.42 Å². The zero-order chi connectivity index (χ0) is 17.8. The van der Waals surface area contributed by atoms with Gasteiger partial charge in [-0.2, -0.15) is 0 Å². The van der Waals surface area contributed by atoms with Crippen molar-refractivity contribution in [3.05, 3.63) is 53.6 Å². The molecule has 0 spiro atoms. The number of ether oxygens (including phenoxy) is 3. The van der Waals surface area contributed by atoms with Gasteiger partial charge < -0.3 is 19.1 Å². The van der Waals surface area contributed by atoms with Crippen LogP contribution in [0.2, 0.25) is 0 Å². The van der Waals surface area contributed by atoms with Gasteiger partial charge in [0.2, 0.25) is 0 Å². The van der Waals surface area contributed by atoms with E-state index in [-0.39, 0.29) is 12.0 Å². The molecule has 0 unspecified atom stereocenters. The first-order valence-corrected chi connectivity index (χ1v) is 8.31. The first kappa shape index (κ1) is 17.1. The first-order chi connectivity index (χ1) is 12.2. The molecule has 5 nitrogen and oxygen atoms in total. The van der Waals surface area contributed by atoms with Crippen molar-refractivity contribution in [1.29, 1.82) is 0 Å². The van der Waals surface area contributed by atoms with Crippen LogP contribution in [0.25, 0.3) is 0 Å². The van der Waals surface area contributed by atoms with Crippen molar-refractivity contribution in [3.8, 4) is 11.5 Å². The molecule has 0 saturated carbocycles. The second kappa shape index (κ2) is 7.47. The molecule has 0 saturated heterocycles. The summed E-state index contributed by atoms with van der Waals surface area (Å²) in [6.07, 6.45) is 1.21. The van der Waals surface area contributed by atoms with Crippen LogP contribution < -0.4 is 14.4 Å². The standard InChI is InChI=1S/C20H23NO4/c1-23-15-8-9-17(19(12-15)24-2)21-11-10-14-6-4-5-7-16(14)18(21)13-20(22)25-3/h4-9,12,18H,10-11,13H2,1-3H3/t18-/m1/s1. The zero-order valence-electron chi connectivity index (χ0n) is 14.8. The first-order valence-electron chi connectivity index (χ1n) is 8.31. The summed E-state index contributed by atoms with van der Waals surface area (Å²) in [5.41, 5.74) is 3.39. The minimum atomic E-state index is -0.223. The van der Waals surface area contributed by atoms with E-state index in [1.807, 2.05) is 30.3 Å². The van der Waals surface area contributed by atoms with E-state index in [1.54, 1.807) is 14.2 Å². The average Bonchev–Trinajstić information content (AvgIpc) is 2.67. The number of anilines is 1. The summed E-state index contributed by atoms with van der Waals surface area (Å²) in [6, 6.07) is 13.9. The van der Waals surface area contributed by atoms with E-state index in [9.17, 15) is 4.79 Å². The van der Waals surface area contributed by atoms with Crippen molar-refractivity contribution in [3.63, 3.8) is 0 Å². The molecule has 132 valence electrons. The number of carbonyl (C=O) groups is 1. The number of carbonyl (C=O) groups excluding carboxylic acids is 1. The van der Waals surface area contributed by atoms with Crippen molar-refractivity contribution in [2.75, 3.05) is 32.8 Å². The number of hydrogen-bond acceptors (Lipinski definition) is 5. The van der Waals surface area contributed by atoms with Crippen LogP contribution in [0.3, 0.4) is 0 Å². The van der Waals surface area contributed by atoms with Gasteiger partial charge in [-0.25, -0.2) is 0 Å². The number of methoxy groups -OCH3 is 3. The molecular weight excluding hydrogens is 318 g/mol. The highest BCUT2D eigenvalue weighted by molar-refractivity contribution is 5.73. The van der Waals surface area contributed by atoms with Gasteiger partial charge in [-0.05, 0) is 29.7 Å². The van der Waals surface area contributed by atoms with Crippen molar-refractivity contribution >= 4 is 11.7 Å². The van der Waals surface area contributed by atoms with Gasteiger partial charge in [0.05, 0.1) is 39.5 Å². The molecule has 0 aromatic heterocycles. The maximum atomic E-state index is 12.0. The predicted octanol–water partition coefficient (Wildman–Crippen LogP) is 3.37. The van der Waals surface area contributed by atoms with Gasteiger partial charge in [0.15, 0.2) is 0 Å². The highest BCUT2D eigenvalue weighted by Crippen LogP contribution is 2.41. The van der Waals surface area contributed by atoms with Gasteiger partial charge in [-0.15, -0.1) is 0 Å². The van der Waals surface area contributed by atoms with Crippen LogP contribution in [0.5, 0.6) is 11.5 Å². The third-order valence-corrected chi connectivity index (χ3v) is 4.70. The van der Waals surface area contributed by atoms with Gasteiger partial charge >= 0.3 is 5.97 Å². The van der Waals surface area contributed by atoms with Gasteiger partial charge in [0.1, 0.15) is 11.5 Å². The lowest BCUT2D eigenvalue weighted by atomic mass is 9.90. The van der Waals surface area contributed by atoms with E-state index < -0.39 is 0 Å². The molecule has 0 aliphatic carbocycles. The summed E-state index contributed by atoms with van der Waals surface area (Å²) in [7, 11) is 4.70. The number of hydrogen-bond donors (Lipinski definition) is 0. The van der Waals surface area contributed by atoms with Crippen LogP contribution in [0, 0.1) is 0 Å². The van der Waals surface area contributed by atoms with Crippen LogP contribution in [0.15, 0.2) is 42.5 Å². The summed E-state index contributed by atoms with van der Waals surface area (Å²) in [5, 5.41) is 0. The molecule has 2 aromatic rings. The number of fused-ring (bicyclic) bond motifs is 1. The summed E-state index contributed by atoms with van der Waals surface area (Å²) in [6.45, 7) is 0.807. The third-order valence-electron chi connectivity index (χ3n) is 4.70. The molecule has 1 heterocycles. The highest BCUT2D eigenvalue weighted by Gasteiger charge is 2.31. The fourth-order valence-electron chi connectivity index (χ4n) is 3.42. The van der Waals surface area contributed by atoms with E-state index in [0.717, 1.165) is 35.7 Å². The molecule has 2 aromatic carbocycles. The second-order valence-electron chi connectivity index (χ2n) is 5.98. The summed E-state index contributed by atoms with van der Waals surface area (Å²) in [4.78, 5) is 14.2. The molecular formula is C20H23NO4. The molecule has 0 radical (unpaired) electrons. The van der Waals surface area contributed by atoms with Crippen LogP contribution in [-0.4, -0.2) is 33.8 Å². The Morgan fingerprint density at radius 1 is 1.12 bits per heavy atom. The summed E-state index contributed by atoms with van der Waals surface area (Å²) < 4.78 is 15.8. The number of esters is 1. The van der Waals surface area contributed by atoms with E-state index in [4.69, 9.17) is 14.2 Å². The monoisotopic (exact) mass is 341 g/mol. The lowest BCUT2D eigenvalue weighted by Gasteiger charge is -2.39. The maximum Gasteiger partial charge on any atom is 0.307 e. The Morgan fingerprint density at radius 2 is 1.92 bits per heavy atom. The SMILES string of the molecule is COC(=O)C[C@@H]1c2ccccc2CCN1c1ccc(OC)cc1OC. The molecule has 3 rings (SSSR count). The second-order valence-corrected chi connectivity index (χ2v) is 5.98. The van der Waals surface area contributed by atoms with Gasteiger partial charge in [-0.3, -0.25) is 4.79 Å². The summed E-state index contributed by atoms with van der Waals surface area (Å²) >= 11 is 0. The minimum absolute atomic E-state index is 0.0836. The molecule has 1 aliphatic rings. The van der Waals surface area contributed by atoms with Gasteiger partial charge in [0.25, 0.3) is 0 Å². The Morgan fingerprint density at radius 3 is 2.64 bits per heavy atom. The molecule has 1 aliphatic heterocycles. The van der Waals surface area contributed by atoms with Crippen molar-refractivity contribution < 1.29 is 19.0 Å². The molecule has 25 heavy (non-hydrogen) atoms. The maximum absolute atomic E-state index is 12.0. The molecule has 1 atom stereocenters. The zero-order valence-corrected chi connectivity index (χ0v) is 14.8. The normalized spacial score (nSPS) is 16.1. The summed E-state index contributed by atoms with van der Waals surface area (Å²) in [5.74, 6) is 1.25. The van der Waals surface area contributed by atoms with E-state index >= 15 is 0 Å². The van der Waals surface area contributed by atoms with Crippen molar-refractivity contribution in [2.45, 2.75) is 18.9 Å². The average molecular weight is 341 g/mol. The van der Waals surface area contributed by atoms with Gasteiger partial charge in [0, 0.05) is 12.6 Å². The fourth-order valence-corrected chi connectivity index (χ4v) is 3.42. The Labute approximate surface area is 148 Å². The lowest BCUT2D eigenvalue weighted by Crippen LogP contribution is -2.37. The molecule has 0 amide bonds. The Hall–Kier alpha value is -2.69. The largest absolute Gasteiger partial charge is 0.497 e. The van der Waals surface area contributed by atoms with Crippen LogP contribution >= 0.6 is 0 Å². The Kier molecular flexibility index (Phi) is 5.12. The van der Waals surface area contributed by atoms with Gasteiger partial charge in [-0.1, -0.05) is 24.3 Å². The van der Waals surface area contributed by atoms with Crippen LogP contribution in [0.1, 0.15) is 23.6 Å². The Bertz CT molecular complexity index is 759. The van der Waals surface area contributed by atoms with E-state index in [2.05, 4.69) is 17.0 Å². The molecule has 0 bridgehead atoms. The quantitative estimate of drug-likeness (QED) is 0.781. The van der Waals surface area contributed by atoms with Crippen LogP contribution in [-0.2, 0) is 16.0 Å². The molecule has 0 N–H and O–H groups in total. The highest BCUT2D eigenvalue weighted by atomic mass is 16.5. The predicted molar refractivity (Wildman–Crippen MR) is 96.4 cm³/mol. The number of nitrogens with zero attached hydrogens (tertiary/aromatic N) is 1. The topological polar surface area (TPSA) is 48.0 Å².